The Bertz CT molecular complexity index is 1490. The SMILES string of the molecule is C.CC(C)(C)OC(=O)CCCC(=O)c1cc(-c2cccs2)on1.CC(C)(C)OC(=O)CCN.O=C(O)c1cc(-c2cccs2)on1. The van der Waals surface area contributed by atoms with Crippen molar-refractivity contribution in [2.75, 3.05) is 6.54 Å². The molecule has 0 atom stereocenters. The lowest BCUT2D eigenvalue weighted by molar-refractivity contribution is -0.155. The number of aromatic carboxylic acids is 1. The number of carbonyl (C=O) groups is 4. The number of Topliss-reactive ketones (excluding diaryl/α,β-unsaturated/α-hetero) is 1. The smallest absolute Gasteiger partial charge is 0.358 e. The monoisotopic (exact) mass is 677 g/mol. The number of esters is 2. The summed E-state index contributed by atoms with van der Waals surface area (Å²) in [7, 11) is 0. The summed E-state index contributed by atoms with van der Waals surface area (Å²) in [5, 5.41) is 19.6. The van der Waals surface area contributed by atoms with Gasteiger partial charge in [-0.15, -0.1) is 22.7 Å². The van der Waals surface area contributed by atoms with Crippen molar-refractivity contribution >= 4 is 46.4 Å². The Morgan fingerprint density at radius 1 is 0.783 bits per heavy atom. The lowest BCUT2D eigenvalue weighted by atomic mass is 10.1. The Morgan fingerprint density at radius 3 is 1.63 bits per heavy atom. The molecule has 0 saturated heterocycles. The molecule has 12 nitrogen and oxygen atoms in total. The van der Waals surface area contributed by atoms with Gasteiger partial charge in [0.25, 0.3) is 0 Å². The molecule has 252 valence electrons. The second-order valence-electron chi connectivity index (χ2n) is 11.4. The number of carboxylic acid groups (broad SMARTS) is 1. The van der Waals surface area contributed by atoms with Crippen molar-refractivity contribution in [3.8, 4) is 21.3 Å². The standard InChI is InChI=1S/C16H19NO4S.C8H5NO3S.C7H15NO2.CH4/c1-16(2,3)20-15(19)8-4-6-12(18)11-10-13(21-17-11)14-7-5-9-22-14;10-8(11)5-4-6(12-9-5)7-2-1-3-13-7;1-7(2,3)10-6(9)4-5-8;/h5,7,9-10H,4,6,8H2,1-3H3;1-4H,(H,10,11);4-5,8H2,1-3H3;1H4. The first kappa shape index (κ1) is 39.9. The molecule has 0 radical (unpaired) electrons. The van der Waals surface area contributed by atoms with Gasteiger partial charge in [0.15, 0.2) is 23.0 Å². The van der Waals surface area contributed by atoms with Crippen LogP contribution >= 0.6 is 22.7 Å². The molecule has 3 N–H and O–H groups in total. The summed E-state index contributed by atoms with van der Waals surface area (Å²) in [6, 6.07) is 10.6. The highest BCUT2D eigenvalue weighted by molar-refractivity contribution is 7.13. The number of ketones is 1. The van der Waals surface area contributed by atoms with Crippen LogP contribution in [0.3, 0.4) is 0 Å². The van der Waals surface area contributed by atoms with Gasteiger partial charge in [0.05, 0.1) is 16.2 Å². The van der Waals surface area contributed by atoms with E-state index in [-0.39, 0.29) is 49.3 Å². The second kappa shape index (κ2) is 18.7. The Morgan fingerprint density at radius 2 is 1.24 bits per heavy atom. The van der Waals surface area contributed by atoms with Crippen LogP contribution in [0.5, 0.6) is 0 Å². The Kier molecular flexibility index (Phi) is 16.2. The average Bonchev–Trinajstić information content (AvgIpc) is 3.74. The van der Waals surface area contributed by atoms with Crippen molar-refractivity contribution in [3.05, 3.63) is 58.5 Å². The summed E-state index contributed by atoms with van der Waals surface area (Å²) in [5.41, 5.74) is 4.50. The van der Waals surface area contributed by atoms with E-state index in [4.69, 9.17) is 29.4 Å². The largest absolute Gasteiger partial charge is 0.476 e. The molecule has 0 spiro atoms. The van der Waals surface area contributed by atoms with Crippen molar-refractivity contribution in [2.24, 2.45) is 5.73 Å². The van der Waals surface area contributed by atoms with E-state index in [1.807, 2.05) is 76.6 Å². The first-order chi connectivity index (χ1) is 21.1. The minimum absolute atomic E-state index is 0. The summed E-state index contributed by atoms with van der Waals surface area (Å²) >= 11 is 3.00. The zero-order chi connectivity index (χ0) is 33.6. The molecular formula is C32H43N3O9S2. The fraction of sp³-hybridized carbons (Fsp3) is 0.438. The van der Waals surface area contributed by atoms with Crippen molar-refractivity contribution < 1.29 is 42.8 Å². The fourth-order valence-corrected chi connectivity index (χ4v) is 4.62. The van der Waals surface area contributed by atoms with Gasteiger partial charge in [-0.3, -0.25) is 14.4 Å². The molecule has 0 aliphatic rings. The number of nitrogens with zero attached hydrogens (tertiary/aromatic N) is 2. The third-order valence-electron chi connectivity index (χ3n) is 5.03. The highest BCUT2D eigenvalue weighted by Crippen LogP contribution is 2.26. The number of thiophene rings is 2. The fourth-order valence-electron chi connectivity index (χ4n) is 3.28. The van der Waals surface area contributed by atoms with Gasteiger partial charge in [-0.1, -0.05) is 29.9 Å². The number of rotatable bonds is 10. The third kappa shape index (κ3) is 15.2. The zero-order valence-corrected chi connectivity index (χ0v) is 27.8. The first-order valence-electron chi connectivity index (χ1n) is 14.0. The highest BCUT2D eigenvalue weighted by atomic mass is 32.1. The van der Waals surface area contributed by atoms with Gasteiger partial charge in [-0.25, -0.2) is 4.79 Å². The highest BCUT2D eigenvalue weighted by Gasteiger charge is 2.18. The maximum atomic E-state index is 12.0. The summed E-state index contributed by atoms with van der Waals surface area (Å²) in [6.07, 6.45) is 1.21. The molecule has 0 saturated carbocycles. The van der Waals surface area contributed by atoms with Crippen molar-refractivity contribution in [2.45, 2.75) is 85.9 Å². The average molecular weight is 678 g/mol. The van der Waals surface area contributed by atoms with E-state index in [1.54, 1.807) is 6.07 Å². The van der Waals surface area contributed by atoms with Crippen LogP contribution < -0.4 is 5.73 Å². The number of carboxylic acids is 1. The van der Waals surface area contributed by atoms with E-state index in [1.165, 1.54) is 28.7 Å². The van der Waals surface area contributed by atoms with Gasteiger partial charge in [0.1, 0.15) is 16.9 Å². The van der Waals surface area contributed by atoms with E-state index in [9.17, 15) is 19.2 Å². The van der Waals surface area contributed by atoms with E-state index >= 15 is 0 Å². The normalized spacial score (nSPS) is 10.8. The molecule has 0 aliphatic carbocycles. The van der Waals surface area contributed by atoms with Crippen LogP contribution in [0.1, 0.15) is 95.6 Å². The summed E-state index contributed by atoms with van der Waals surface area (Å²) in [6.45, 7) is 11.3. The lowest BCUT2D eigenvalue weighted by Gasteiger charge is -2.19. The van der Waals surface area contributed by atoms with E-state index in [0.717, 1.165) is 9.75 Å². The van der Waals surface area contributed by atoms with E-state index in [0.29, 0.717) is 36.6 Å². The summed E-state index contributed by atoms with van der Waals surface area (Å²) in [5.74, 6) is -0.644. The topological polar surface area (TPSA) is 185 Å². The minimum atomic E-state index is -1.08. The first-order valence-corrected chi connectivity index (χ1v) is 15.8. The maximum Gasteiger partial charge on any atom is 0.358 e. The second-order valence-corrected chi connectivity index (χ2v) is 13.3. The van der Waals surface area contributed by atoms with Gasteiger partial charge in [0.2, 0.25) is 0 Å². The van der Waals surface area contributed by atoms with E-state index in [2.05, 4.69) is 10.3 Å². The van der Waals surface area contributed by atoms with Crippen LogP contribution in [0.25, 0.3) is 21.3 Å². The van der Waals surface area contributed by atoms with Crippen molar-refractivity contribution in [1.82, 2.24) is 10.3 Å². The number of carbonyl (C=O) groups excluding carboxylic acids is 3. The zero-order valence-electron chi connectivity index (χ0n) is 26.2. The van der Waals surface area contributed by atoms with Crippen LogP contribution in [-0.4, -0.2) is 56.9 Å². The van der Waals surface area contributed by atoms with Crippen LogP contribution in [0, 0.1) is 0 Å². The molecule has 14 heteroatoms. The summed E-state index contributed by atoms with van der Waals surface area (Å²) in [4.78, 5) is 46.6. The molecule has 0 bridgehead atoms. The van der Waals surface area contributed by atoms with Gasteiger partial charge in [0, 0.05) is 31.5 Å². The lowest BCUT2D eigenvalue weighted by Crippen LogP contribution is -2.25. The van der Waals surface area contributed by atoms with Crippen molar-refractivity contribution in [1.29, 1.82) is 0 Å². The predicted molar refractivity (Wildman–Crippen MR) is 177 cm³/mol. The minimum Gasteiger partial charge on any atom is -0.476 e. The molecule has 4 aromatic rings. The molecule has 0 aromatic carbocycles. The number of hydrogen-bond donors (Lipinski definition) is 2. The maximum absolute atomic E-state index is 12.0. The molecule has 0 fully saturated rings. The van der Waals surface area contributed by atoms with Gasteiger partial charge < -0.3 is 29.4 Å². The molecule has 46 heavy (non-hydrogen) atoms. The number of aromatic nitrogens is 2. The van der Waals surface area contributed by atoms with Gasteiger partial charge in [-0.05, 0) is 70.9 Å². The third-order valence-corrected chi connectivity index (χ3v) is 6.80. The predicted octanol–water partition coefficient (Wildman–Crippen LogP) is 7.51. The van der Waals surface area contributed by atoms with Crippen LogP contribution in [-0.2, 0) is 19.1 Å². The molecule has 0 unspecified atom stereocenters. The molecule has 4 aromatic heterocycles. The summed E-state index contributed by atoms with van der Waals surface area (Å²) < 4.78 is 20.2. The Labute approximate surface area is 276 Å². The van der Waals surface area contributed by atoms with Crippen LogP contribution in [0.15, 0.2) is 56.2 Å². The number of nitrogens with two attached hydrogens (primary N) is 1. The van der Waals surface area contributed by atoms with Crippen LogP contribution in [0.4, 0.5) is 0 Å². The molecule has 4 rings (SSSR count). The van der Waals surface area contributed by atoms with Gasteiger partial charge >= 0.3 is 17.9 Å². The Hall–Kier alpha value is -4.14. The van der Waals surface area contributed by atoms with E-state index < -0.39 is 11.6 Å². The Balaban J connectivity index is 0.000000375. The van der Waals surface area contributed by atoms with Crippen molar-refractivity contribution in [3.63, 3.8) is 0 Å². The quantitative estimate of drug-likeness (QED) is 0.124. The molecular weight excluding hydrogens is 634 g/mol. The number of hydrogen-bond acceptors (Lipinski definition) is 13. The number of ether oxygens (including phenoxy) is 2. The molecule has 4 heterocycles. The molecule has 0 aliphatic heterocycles. The van der Waals surface area contributed by atoms with Gasteiger partial charge in [-0.2, -0.15) is 0 Å². The van der Waals surface area contributed by atoms with Crippen LogP contribution in [0.2, 0.25) is 0 Å². The molecule has 0 amide bonds.